The van der Waals surface area contributed by atoms with E-state index in [1.807, 2.05) is 0 Å². The lowest BCUT2D eigenvalue weighted by Gasteiger charge is -2.05. The van der Waals surface area contributed by atoms with Crippen molar-refractivity contribution >= 4 is 5.91 Å². The molecule has 0 fully saturated rings. The monoisotopic (exact) mass is 165 g/mol. The predicted octanol–water partition coefficient (Wildman–Crippen LogP) is 0.688. The van der Waals surface area contributed by atoms with Crippen molar-refractivity contribution in [3.05, 3.63) is 0 Å². The third kappa shape index (κ3) is 4.25. The van der Waals surface area contributed by atoms with E-state index >= 15 is 0 Å². The van der Waals surface area contributed by atoms with E-state index in [1.54, 1.807) is 5.32 Å². The van der Waals surface area contributed by atoms with Crippen LogP contribution < -0.4 is 5.32 Å². The van der Waals surface area contributed by atoms with E-state index < -0.39 is 12.1 Å². The number of halogens is 3. The number of carbonyl (C=O) groups excluding carboxylic acids is 1. The van der Waals surface area contributed by atoms with Crippen molar-refractivity contribution in [2.45, 2.75) is 12.6 Å². The Labute approximate surface area is 61.8 Å². The topological polar surface area (TPSA) is 29.1 Å². The van der Waals surface area contributed by atoms with E-state index in [9.17, 15) is 18.0 Å². The van der Waals surface area contributed by atoms with Gasteiger partial charge in [-0.15, -0.1) is 12.3 Å². The molecule has 0 aromatic carbocycles. The summed E-state index contributed by atoms with van der Waals surface area (Å²) in [5, 5.41) is 1.62. The molecule has 1 amide bonds. The normalized spacial score (nSPS) is 10.4. The molecule has 0 bridgehead atoms. The van der Waals surface area contributed by atoms with Crippen LogP contribution in [0, 0.1) is 12.3 Å². The molecule has 0 aromatic rings. The summed E-state index contributed by atoms with van der Waals surface area (Å²) in [6.45, 7) is -0.144. The maximum absolute atomic E-state index is 11.4. The molecule has 0 aromatic heterocycles. The zero-order chi connectivity index (χ0) is 8.91. The third-order valence-electron chi connectivity index (χ3n) is 0.812. The number of nitrogens with one attached hydrogen (secondary N) is 1. The molecule has 0 spiro atoms. The van der Waals surface area contributed by atoms with Gasteiger partial charge in [0, 0.05) is 13.0 Å². The molecule has 0 radical (unpaired) electrons. The smallest absolute Gasteiger partial charge is 0.347 e. The Hall–Kier alpha value is -1.18. The molecular formula is C6H6F3NO. The Morgan fingerprint density at radius 3 is 2.45 bits per heavy atom. The zero-order valence-corrected chi connectivity index (χ0v) is 5.53. The first kappa shape index (κ1) is 9.82. The summed E-state index contributed by atoms with van der Waals surface area (Å²) in [5.41, 5.74) is 0. The number of hydrogen-bond acceptors (Lipinski definition) is 1. The molecule has 2 nitrogen and oxygen atoms in total. The van der Waals surface area contributed by atoms with Crippen LogP contribution in [0.3, 0.4) is 0 Å². The highest BCUT2D eigenvalue weighted by Gasteiger charge is 2.37. The second-order valence-corrected chi connectivity index (χ2v) is 1.71. The highest BCUT2D eigenvalue weighted by Crippen LogP contribution is 2.13. The van der Waals surface area contributed by atoms with Gasteiger partial charge in [0.05, 0.1) is 0 Å². The first-order valence-electron chi connectivity index (χ1n) is 2.77. The van der Waals surface area contributed by atoms with Gasteiger partial charge in [-0.05, 0) is 0 Å². The van der Waals surface area contributed by atoms with E-state index in [1.165, 1.54) is 0 Å². The minimum absolute atomic E-state index is 0.0990. The molecule has 0 rings (SSSR count). The highest BCUT2D eigenvalue weighted by atomic mass is 19.4. The summed E-state index contributed by atoms with van der Waals surface area (Å²) in [6, 6.07) is 0. The summed E-state index contributed by atoms with van der Waals surface area (Å²) in [5.74, 6) is 0.141. The molecule has 0 saturated carbocycles. The van der Waals surface area contributed by atoms with E-state index in [-0.39, 0.29) is 13.0 Å². The van der Waals surface area contributed by atoms with Gasteiger partial charge in [0.25, 0.3) is 0 Å². The number of rotatable bonds is 2. The highest BCUT2D eigenvalue weighted by molar-refractivity contribution is 5.81. The molecule has 0 heterocycles. The maximum atomic E-state index is 11.4. The van der Waals surface area contributed by atoms with Crippen molar-refractivity contribution in [1.82, 2.24) is 5.32 Å². The molecular weight excluding hydrogens is 159 g/mol. The second kappa shape index (κ2) is 3.86. The van der Waals surface area contributed by atoms with E-state index in [0.29, 0.717) is 0 Å². The van der Waals surface area contributed by atoms with Gasteiger partial charge in [0.1, 0.15) is 0 Å². The second-order valence-electron chi connectivity index (χ2n) is 1.71. The Morgan fingerprint density at radius 1 is 1.55 bits per heavy atom. The van der Waals surface area contributed by atoms with Gasteiger partial charge in [-0.25, -0.2) is 0 Å². The minimum atomic E-state index is -4.81. The largest absolute Gasteiger partial charge is 0.471 e. The van der Waals surface area contributed by atoms with Crippen LogP contribution in [0.2, 0.25) is 0 Å². The van der Waals surface area contributed by atoms with Crippen LogP contribution in [-0.2, 0) is 4.79 Å². The number of carbonyl (C=O) groups is 1. The molecule has 0 unspecified atom stereocenters. The number of hydrogen-bond donors (Lipinski definition) is 1. The van der Waals surface area contributed by atoms with E-state index in [2.05, 4.69) is 5.92 Å². The summed E-state index contributed by atoms with van der Waals surface area (Å²) < 4.78 is 34.2. The first-order chi connectivity index (χ1) is 4.98. The Kier molecular flexibility index (Phi) is 3.45. The number of amides is 1. The summed E-state index contributed by atoms with van der Waals surface area (Å²) >= 11 is 0. The molecule has 0 aliphatic rings. The van der Waals surface area contributed by atoms with Gasteiger partial charge in [-0.2, -0.15) is 13.2 Å². The van der Waals surface area contributed by atoms with Crippen molar-refractivity contribution < 1.29 is 18.0 Å². The fourth-order valence-corrected chi connectivity index (χ4v) is 0.348. The van der Waals surface area contributed by atoms with Crippen molar-refractivity contribution in [3.63, 3.8) is 0 Å². The molecule has 62 valence electrons. The van der Waals surface area contributed by atoms with Crippen LogP contribution in [0.25, 0.3) is 0 Å². The van der Waals surface area contributed by atoms with Crippen molar-refractivity contribution in [3.8, 4) is 12.3 Å². The average Bonchev–Trinajstić information content (AvgIpc) is 1.86. The van der Waals surface area contributed by atoms with E-state index in [4.69, 9.17) is 6.42 Å². The fraction of sp³-hybridized carbons (Fsp3) is 0.500. The summed E-state index contributed by atoms with van der Waals surface area (Å²) in [7, 11) is 0. The molecule has 11 heavy (non-hydrogen) atoms. The fourth-order valence-electron chi connectivity index (χ4n) is 0.348. The lowest BCUT2D eigenvalue weighted by atomic mass is 10.4. The van der Waals surface area contributed by atoms with Gasteiger partial charge in [0.2, 0.25) is 0 Å². The van der Waals surface area contributed by atoms with Crippen LogP contribution in [0.4, 0.5) is 13.2 Å². The van der Waals surface area contributed by atoms with Gasteiger partial charge < -0.3 is 5.32 Å². The lowest BCUT2D eigenvalue weighted by Crippen LogP contribution is -2.37. The predicted molar refractivity (Wildman–Crippen MR) is 32.5 cm³/mol. The molecule has 1 N–H and O–H groups in total. The Bertz CT molecular complexity index is 179. The zero-order valence-electron chi connectivity index (χ0n) is 5.53. The standard InChI is InChI=1S/C6H6F3NO/c1-2-3-4-10-5(11)6(7,8)9/h1H,3-4H2,(H,10,11). The van der Waals surface area contributed by atoms with Crippen LogP contribution >= 0.6 is 0 Å². The average molecular weight is 165 g/mol. The summed E-state index contributed by atoms with van der Waals surface area (Å²) in [4.78, 5) is 10.0. The quantitative estimate of drug-likeness (QED) is 0.473. The molecule has 0 atom stereocenters. The van der Waals surface area contributed by atoms with Crippen molar-refractivity contribution in [2.75, 3.05) is 6.54 Å². The maximum Gasteiger partial charge on any atom is 0.471 e. The number of alkyl halides is 3. The van der Waals surface area contributed by atoms with Crippen molar-refractivity contribution in [2.24, 2.45) is 0 Å². The Balaban J connectivity index is 3.64. The van der Waals surface area contributed by atoms with Crippen molar-refractivity contribution in [1.29, 1.82) is 0 Å². The lowest BCUT2D eigenvalue weighted by molar-refractivity contribution is -0.173. The van der Waals surface area contributed by atoms with Gasteiger partial charge in [-0.1, -0.05) is 0 Å². The van der Waals surface area contributed by atoms with Crippen LogP contribution in [0.5, 0.6) is 0 Å². The van der Waals surface area contributed by atoms with Gasteiger partial charge in [0.15, 0.2) is 0 Å². The minimum Gasteiger partial charge on any atom is -0.347 e. The van der Waals surface area contributed by atoms with Crippen LogP contribution in [0.1, 0.15) is 6.42 Å². The van der Waals surface area contributed by atoms with Crippen LogP contribution in [0.15, 0.2) is 0 Å². The number of terminal acetylenes is 1. The summed E-state index contributed by atoms with van der Waals surface area (Å²) in [6.07, 6.45) is 0.0294. The molecule has 5 heteroatoms. The molecule has 0 aliphatic heterocycles. The molecule has 0 aliphatic carbocycles. The van der Waals surface area contributed by atoms with Gasteiger partial charge >= 0.3 is 12.1 Å². The SMILES string of the molecule is C#CCCNC(=O)C(F)(F)F. The molecule has 0 saturated heterocycles. The van der Waals surface area contributed by atoms with E-state index in [0.717, 1.165) is 0 Å². The first-order valence-corrected chi connectivity index (χ1v) is 2.77. The van der Waals surface area contributed by atoms with Crippen LogP contribution in [-0.4, -0.2) is 18.6 Å². The Morgan fingerprint density at radius 2 is 2.09 bits per heavy atom. The van der Waals surface area contributed by atoms with Gasteiger partial charge in [-0.3, -0.25) is 4.79 Å². The third-order valence-corrected chi connectivity index (χ3v) is 0.812.